The smallest absolute Gasteiger partial charge is 0.0659 e. The maximum Gasteiger partial charge on any atom is 0.0659 e. The first-order valence-electron chi connectivity index (χ1n) is 7.31. The Kier molecular flexibility index (Phi) is 4.14. The number of benzene rings is 2. The van der Waals surface area contributed by atoms with Crippen molar-refractivity contribution in [1.82, 2.24) is 0 Å². The van der Waals surface area contributed by atoms with Crippen LogP contribution in [0.25, 0.3) is 11.1 Å². The topological polar surface area (TPSA) is 35.2 Å². The van der Waals surface area contributed by atoms with Crippen molar-refractivity contribution in [2.75, 3.05) is 13.2 Å². The van der Waals surface area contributed by atoms with Crippen LogP contribution >= 0.6 is 0 Å². The number of ether oxygens (including phenoxy) is 1. The molecule has 0 aromatic heterocycles. The highest BCUT2D eigenvalue weighted by Gasteiger charge is 2.21. The minimum absolute atomic E-state index is 0.0291. The molecule has 1 unspecified atom stereocenters. The summed E-state index contributed by atoms with van der Waals surface area (Å²) in [5.41, 5.74) is 9.76. The summed E-state index contributed by atoms with van der Waals surface area (Å²) in [5.74, 6) is 0.794. The first-order valence-corrected chi connectivity index (χ1v) is 7.31. The second-order valence-electron chi connectivity index (χ2n) is 5.58. The summed E-state index contributed by atoms with van der Waals surface area (Å²) in [6, 6.07) is 18.8. The fraction of sp³-hybridized carbons (Fsp3) is 0.333. The van der Waals surface area contributed by atoms with E-state index in [0.717, 1.165) is 18.1 Å². The van der Waals surface area contributed by atoms with Gasteiger partial charge in [-0.25, -0.2) is 0 Å². The van der Waals surface area contributed by atoms with Crippen LogP contribution in [0, 0.1) is 5.92 Å². The molecule has 0 amide bonds. The van der Waals surface area contributed by atoms with Gasteiger partial charge in [0.1, 0.15) is 0 Å². The largest absolute Gasteiger partial charge is 0.379 e. The molecule has 1 aliphatic carbocycles. The second kappa shape index (κ2) is 6.21. The first-order chi connectivity index (χ1) is 9.83. The van der Waals surface area contributed by atoms with E-state index in [1.54, 1.807) is 0 Å². The van der Waals surface area contributed by atoms with Crippen molar-refractivity contribution in [3.63, 3.8) is 0 Å². The molecule has 2 nitrogen and oxygen atoms in total. The van der Waals surface area contributed by atoms with Gasteiger partial charge in [0.25, 0.3) is 0 Å². The Bertz CT molecular complexity index is 531. The molecule has 0 radical (unpaired) electrons. The summed E-state index contributed by atoms with van der Waals surface area (Å²) in [7, 11) is 0. The molecule has 1 saturated carbocycles. The minimum Gasteiger partial charge on any atom is -0.379 e. The van der Waals surface area contributed by atoms with Crippen molar-refractivity contribution < 1.29 is 4.74 Å². The Labute approximate surface area is 120 Å². The molecule has 1 aliphatic rings. The van der Waals surface area contributed by atoms with Crippen LogP contribution in [0.1, 0.15) is 24.4 Å². The van der Waals surface area contributed by atoms with Crippen LogP contribution in [0.15, 0.2) is 54.6 Å². The molecule has 0 heterocycles. The molecule has 104 valence electrons. The lowest BCUT2D eigenvalue weighted by molar-refractivity contribution is 0.112. The number of nitrogens with two attached hydrogens (primary N) is 1. The highest BCUT2D eigenvalue weighted by atomic mass is 16.5. The standard InChI is InChI=1S/C18H21NO/c19-18(13-20-12-14-6-7-14)17-10-8-16(9-11-17)15-4-2-1-3-5-15/h1-5,8-11,14,18H,6-7,12-13,19H2. The summed E-state index contributed by atoms with van der Waals surface area (Å²) in [6.07, 6.45) is 2.64. The lowest BCUT2D eigenvalue weighted by Crippen LogP contribution is -2.17. The number of rotatable bonds is 6. The van der Waals surface area contributed by atoms with Crippen molar-refractivity contribution in [3.05, 3.63) is 60.2 Å². The van der Waals surface area contributed by atoms with Gasteiger partial charge in [-0.3, -0.25) is 0 Å². The van der Waals surface area contributed by atoms with Crippen LogP contribution in [0.3, 0.4) is 0 Å². The molecule has 3 rings (SSSR count). The molecule has 1 atom stereocenters. The van der Waals surface area contributed by atoms with Gasteiger partial charge in [0.05, 0.1) is 12.6 Å². The molecule has 0 saturated heterocycles. The number of hydrogen-bond donors (Lipinski definition) is 1. The van der Waals surface area contributed by atoms with Gasteiger partial charge >= 0.3 is 0 Å². The van der Waals surface area contributed by atoms with Crippen molar-refractivity contribution in [3.8, 4) is 11.1 Å². The Morgan fingerprint density at radius 2 is 1.60 bits per heavy atom. The molecular formula is C18H21NO. The Balaban J connectivity index is 1.60. The zero-order valence-corrected chi connectivity index (χ0v) is 11.7. The SMILES string of the molecule is NC(COCC1CC1)c1ccc(-c2ccccc2)cc1. The Hall–Kier alpha value is -1.64. The maximum absolute atomic E-state index is 6.17. The fourth-order valence-corrected chi connectivity index (χ4v) is 2.30. The molecule has 2 N–H and O–H groups in total. The van der Waals surface area contributed by atoms with E-state index in [-0.39, 0.29) is 6.04 Å². The normalized spacial score (nSPS) is 16.1. The molecule has 2 heteroatoms. The quantitative estimate of drug-likeness (QED) is 0.864. The summed E-state index contributed by atoms with van der Waals surface area (Å²) < 4.78 is 5.66. The third kappa shape index (κ3) is 3.47. The minimum atomic E-state index is -0.0291. The van der Waals surface area contributed by atoms with E-state index < -0.39 is 0 Å². The highest BCUT2D eigenvalue weighted by molar-refractivity contribution is 5.63. The van der Waals surface area contributed by atoms with E-state index in [1.165, 1.54) is 24.0 Å². The molecule has 2 aromatic rings. The zero-order valence-electron chi connectivity index (χ0n) is 11.7. The van der Waals surface area contributed by atoms with Crippen LogP contribution in [0.4, 0.5) is 0 Å². The van der Waals surface area contributed by atoms with E-state index in [2.05, 4.69) is 48.5 Å². The van der Waals surface area contributed by atoms with E-state index in [0.29, 0.717) is 6.61 Å². The van der Waals surface area contributed by atoms with Crippen molar-refractivity contribution in [2.24, 2.45) is 11.7 Å². The van der Waals surface area contributed by atoms with E-state index >= 15 is 0 Å². The third-order valence-electron chi connectivity index (χ3n) is 3.79. The van der Waals surface area contributed by atoms with Crippen molar-refractivity contribution in [1.29, 1.82) is 0 Å². The average Bonchev–Trinajstić information content (AvgIpc) is 3.32. The fourth-order valence-electron chi connectivity index (χ4n) is 2.30. The van der Waals surface area contributed by atoms with Gasteiger partial charge in [0.15, 0.2) is 0 Å². The Morgan fingerprint density at radius 3 is 2.25 bits per heavy atom. The van der Waals surface area contributed by atoms with Gasteiger partial charge in [-0.2, -0.15) is 0 Å². The van der Waals surface area contributed by atoms with Crippen molar-refractivity contribution >= 4 is 0 Å². The van der Waals surface area contributed by atoms with Crippen molar-refractivity contribution in [2.45, 2.75) is 18.9 Å². The van der Waals surface area contributed by atoms with Gasteiger partial charge in [0, 0.05) is 6.61 Å². The number of hydrogen-bond acceptors (Lipinski definition) is 2. The van der Waals surface area contributed by atoms with Crippen LogP contribution < -0.4 is 5.73 Å². The lowest BCUT2D eigenvalue weighted by atomic mass is 10.0. The van der Waals surface area contributed by atoms with E-state index in [9.17, 15) is 0 Å². The molecule has 0 spiro atoms. The summed E-state index contributed by atoms with van der Waals surface area (Å²) >= 11 is 0. The van der Waals surface area contributed by atoms with E-state index in [1.807, 2.05) is 6.07 Å². The van der Waals surface area contributed by atoms with Crippen LogP contribution in [-0.2, 0) is 4.74 Å². The monoisotopic (exact) mass is 267 g/mol. The molecule has 20 heavy (non-hydrogen) atoms. The molecule has 0 bridgehead atoms. The summed E-state index contributed by atoms with van der Waals surface area (Å²) in [5, 5.41) is 0. The predicted octanol–water partition coefficient (Wildman–Crippen LogP) is 3.78. The first kappa shape index (κ1) is 13.3. The third-order valence-corrected chi connectivity index (χ3v) is 3.79. The van der Waals surface area contributed by atoms with E-state index in [4.69, 9.17) is 10.5 Å². The van der Waals surface area contributed by atoms with Gasteiger partial charge in [-0.1, -0.05) is 54.6 Å². The van der Waals surface area contributed by atoms with Crippen LogP contribution in [0.2, 0.25) is 0 Å². The summed E-state index contributed by atoms with van der Waals surface area (Å²) in [6.45, 7) is 1.48. The average molecular weight is 267 g/mol. The maximum atomic E-state index is 6.17. The molecule has 1 fully saturated rings. The van der Waals surface area contributed by atoms with Crippen LogP contribution in [0.5, 0.6) is 0 Å². The predicted molar refractivity (Wildman–Crippen MR) is 82.3 cm³/mol. The zero-order chi connectivity index (χ0) is 13.8. The lowest BCUT2D eigenvalue weighted by Gasteiger charge is -2.13. The summed E-state index contributed by atoms with van der Waals surface area (Å²) in [4.78, 5) is 0. The molecule has 2 aromatic carbocycles. The molecule has 0 aliphatic heterocycles. The van der Waals surface area contributed by atoms with Crippen LogP contribution in [-0.4, -0.2) is 13.2 Å². The van der Waals surface area contributed by atoms with Gasteiger partial charge < -0.3 is 10.5 Å². The molecular weight excluding hydrogens is 246 g/mol. The highest BCUT2D eigenvalue weighted by Crippen LogP contribution is 2.29. The van der Waals surface area contributed by atoms with Gasteiger partial charge in [0.2, 0.25) is 0 Å². The Morgan fingerprint density at radius 1 is 0.950 bits per heavy atom. The van der Waals surface area contributed by atoms with Gasteiger partial charge in [-0.15, -0.1) is 0 Å². The van der Waals surface area contributed by atoms with Gasteiger partial charge in [-0.05, 0) is 35.4 Å². The second-order valence-corrected chi connectivity index (χ2v) is 5.58.